The molecule has 19 heavy (non-hydrogen) atoms. The summed E-state index contributed by atoms with van der Waals surface area (Å²) in [5.74, 6) is 0. The summed E-state index contributed by atoms with van der Waals surface area (Å²) in [5.41, 5.74) is 1.37. The number of carbonyl (C=O) groups is 1. The predicted molar refractivity (Wildman–Crippen MR) is 76.9 cm³/mol. The van der Waals surface area contributed by atoms with Gasteiger partial charge in [0.05, 0.1) is 6.10 Å². The highest BCUT2D eigenvalue weighted by atomic mass is 16.3. The van der Waals surface area contributed by atoms with Crippen LogP contribution < -0.4 is 10.6 Å². The third kappa shape index (κ3) is 8.35. The first-order valence-electron chi connectivity index (χ1n) is 6.92. The Labute approximate surface area is 115 Å². The summed E-state index contributed by atoms with van der Waals surface area (Å²) in [6.07, 6.45) is 3.85. The van der Waals surface area contributed by atoms with Crippen LogP contribution in [-0.2, 0) is 11.2 Å². The minimum absolute atomic E-state index is 0.339. The first-order chi connectivity index (χ1) is 9.33. The second kappa shape index (κ2) is 10.5. The molecule has 4 heteroatoms. The van der Waals surface area contributed by atoms with Gasteiger partial charge in [-0.05, 0) is 44.3 Å². The Hall–Kier alpha value is -1.39. The van der Waals surface area contributed by atoms with E-state index in [4.69, 9.17) is 0 Å². The molecule has 1 aromatic rings. The molecule has 1 unspecified atom stereocenters. The van der Waals surface area contributed by atoms with Gasteiger partial charge in [-0.2, -0.15) is 0 Å². The fourth-order valence-corrected chi connectivity index (χ4v) is 1.91. The van der Waals surface area contributed by atoms with Crippen LogP contribution in [0.1, 0.15) is 24.8 Å². The smallest absolute Gasteiger partial charge is 0.207 e. The monoisotopic (exact) mass is 264 g/mol. The lowest BCUT2D eigenvalue weighted by Gasteiger charge is -2.10. The van der Waals surface area contributed by atoms with Crippen molar-refractivity contribution in [3.05, 3.63) is 35.9 Å². The van der Waals surface area contributed by atoms with Crippen LogP contribution in [0.3, 0.4) is 0 Å². The molecule has 1 amide bonds. The zero-order valence-electron chi connectivity index (χ0n) is 11.3. The maximum Gasteiger partial charge on any atom is 0.207 e. The van der Waals surface area contributed by atoms with Crippen molar-refractivity contribution in [2.75, 3.05) is 19.6 Å². The maximum atomic E-state index is 10.0. The van der Waals surface area contributed by atoms with Crippen molar-refractivity contribution in [2.24, 2.45) is 0 Å². The molecule has 3 N–H and O–H groups in total. The number of hydrogen-bond donors (Lipinski definition) is 3. The van der Waals surface area contributed by atoms with Gasteiger partial charge in [0.25, 0.3) is 0 Å². The number of aryl methyl sites for hydroxylation is 1. The summed E-state index contributed by atoms with van der Waals surface area (Å²) in [5, 5.41) is 15.5. The third-order valence-electron chi connectivity index (χ3n) is 3.02. The molecule has 0 aliphatic rings. The van der Waals surface area contributed by atoms with E-state index in [-0.39, 0.29) is 6.10 Å². The maximum absolute atomic E-state index is 10.0. The van der Waals surface area contributed by atoms with Crippen LogP contribution >= 0.6 is 0 Å². The van der Waals surface area contributed by atoms with Crippen LogP contribution in [0.15, 0.2) is 30.3 Å². The van der Waals surface area contributed by atoms with E-state index in [0.717, 1.165) is 32.4 Å². The van der Waals surface area contributed by atoms with Crippen LogP contribution in [0.5, 0.6) is 0 Å². The van der Waals surface area contributed by atoms with E-state index in [1.807, 2.05) is 6.07 Å². The van der Waals surface area contributed by atoms with Crippen molar-refractivity contribution in [3.63, 3.8) is 0 Å². The molecule has 1 rings (SSSR count). The number of aliphatic hydroxyl groups excluding tert-OH is 1. The van der Waals surface area contributed by atoms with Gasteiger partial charge in [-0.1, -0.05) is 30.3 Å². The lowest BCUT2D eigenvalue weighted by molar-refractivity contribution is -0.109. The van der Waals surface area contributed by atoms with Gasteiger partial charge in [-0.25, -0.2) is 0 Å². The predicted octanol–water partition coefficient (Wildman–Crippen LogP) is 1.10. The van der Waals surface area contributed by atoms with Crippen LogP contribution in [0, 0.1) is 0 Å². The Morgan fingerprint density at radius 2 is 1.84 bits per heavy atom. The summed E-state index contributed by atoms with van der Waals surface area (Å²) in [4.78, 5) is 10.0. The molecule has 0 aliphatic carbocycles. The van der Waals surface area contributed by atoms with Crippen molar-refractivity contribution < 1.29 is 9.90 Å². The Balaban J connectivity index is 1.92. The van der Waals surface area contributed by atoms with Gasteiger partial charge >= 0.3 is 0 Å². The molecule has 106 valence electrons. The summed E-state index contributed by atoms with van der Waals surface area (Å²) < 4.78 is 0. The fraction of sp³-hybridized carbons (Fsp3) is 0.533. The number of rotatable bonds is 11. The van der Waals surface area contributed by atoms with Gasteiger partial charge in [-0.15, -0.1) is 0 Å². The Morgan fingerprint density at radius 1 is 1.11 bits per heavy atom. The van der Waals surface area contributed by atoms with E-state index in [1.54, 1.807) is 0 Å². The van der Waals surface area contributed by atoms with Crippen molar-refractivity contribution in [3.8, 4) is 0 Å². The van der Waals surface area contributed by atoms with E-state index < -0.39 is 0 Å². The van der Waals surface area contributed by atoms with E-state index in [9.17, 15) is 9.90 Å². The minimum atomic E-state index is -0.339. The number of nitrogens with one attached hydrogen (secondary N) is 2. The second-order valence-corrected chi connectivity index (χ2v) is 4.64. The molecule has 0 radical (unpaired) electrons. The van der Waals surface area contributed by atoms with Crippen LogP contribution in [0.25, 0.3) is 0 Å². The van der Waals surface area contributed by atoms with Crippen molar-refractivity contribution in [1.82, 2.24) is 10.6 Å². The van der Waals surface area contributed by atoms with Gasteiger partial charge in [0, 0.05) is 6.54 Å². The Kier molecular flexibility index (Phi) is 8.68. The molecule has 0 saturated heterocycles. The average molecular weight is 264 g/mol. The highest BCUT2D eigenvalue weighted by Crippen LogP contribution is 2.01. The summed E-state index contributed by atoms with van der Waals surface area (Å²) in [6.45, 7) is 2.32. The van der Waals surface area contributed by atoms with Gasteiger partial charge in [0.15, 0.2) is 0 Å². The third-order valence-corrected chi connectivity index (χ3v) is 3.02. The van der Waals surface area contributed by atoms with Crippen molar-refractivity contribution in [2.45, 2.75) is 31.8 Å². The van der Waals surface area contributed by atoms with Gasteiger partial charge in [0.1, 0.15) is 0 Å². The van der Waals surface area contributed by atoms with Gasteiger partial charge < -0.3 is 15.7 Å². The topological polar surface area (TPSA) is 61.4 Å². The summed E-state index contributed by atoms with van der Waals surface area (Å²) in [7, 11) is 0. The second-order valence-electron chi connectivity index (χ2n) is 4.64. The molecule has 0 saturated carbocycles. The van der Waals surface area contributed by atoms with Crippen LogP contribution in [0.4, 0.5) is 0 Å². The number of amides is 1. The standard InChI is InChI=1S/C15H24N2O2/c18-13-17-12-9-15(19)8-11-16-10-4-7-14-5-2-1-3-6-14/h1-3,5-6,13,15-16,19H,4,7-12H2,(H,17,18). The van der Waals surface area contributed by atoms with Crippen LogP contribution in [0.2, 0.25) is 0 Å². The molecular weight excluding hydrogens is 240 g/mol. The Morgan fingerprint density at radius 3 is 2.58 bits per heavy atom. The SMILES string of the molecule is O=CNCCC(O)CCNCCCc1ccccc1. The molecule has 0 aliphatic heterocycles. The van der Waals surface area contributed by atoms with Crippen molar-refractivity contribution in [1.29, 1.82) is 0 Å². The number of aliphatic hydroxyl groups is 1. The number of carbonyl (C=O) groups excluding carboxylic acids is 1. The fourth-order valence-electron chi connectivity index (χ4n) is 1.91. The molecule has 0 bridgehead atoms. The zero-order valence-corrected chi connectivity index (χ0v) is 11.3. The van der Waals surface area contributed by atoms with Crippen molar-refractivity contribution >= 4 is 6.41 Å². The molecule has 0 heterocycles. The Bertz CT molecular complexity index is 330. The minimum Gasteiger partial charge on any atom is -0.393 e. The van der Waals surface area contributed by atoms with E-state index >= 15 is 0 Å². The quantitative estimate of drug-likeness (QED) is 0.414. The molecule has 4 nitrogen and oxygen atoms in total. The highest BCUT2D eigenvalue weighted by molar-refractivity contribution is 5.45. The lowest BCUT2D eigenvalue weighted by atomic mass is 10.1. The average Bonchev–Trinajstić information content (AvgIpc) is 2.44. The highest BCUT2D eigenvalue weighted by Gasteiger charge is 2.02. The summed E-state index contributed by atoms with van der Waals surface area (Å²) in [6, 6.07) is 10.4. The number of benzene rings is 1. The van der Waals surface area contributed by atoms with Gasteiger partial charge in [-0.3, -0.25) is 4.79 Å². The zero-order chi connectivity index (χ0) is 13.8. The molecule has 1 aromatic carbocycles. The van der Waals surface area contributed by atoms with Gasteiger partial charge in [0.2, 0.25) is 6.41 Å². The van der Waals surface area contributed by atoms with E-state index in [1.165, 1.54) is 5.56 Å². The van der Waals surface area contributed by atoms with E-state index in [2.05, 4.69) is 34.9 Å². The van der Waals surface area contributed by atoms with E-state index in [0.29, 0.717) is 19.4 Å². The molecule has 0 spiro atoms. The molecule has 0 fully saturated rings. The normalized spacial score (nSPS) is 12.1. The first kappa shape index (κ1) is 15.7. The largest absolute Gasteiger partial charge is 0.393 e. The first-order valence-corrected chi connectivity index (χ1v) is 6.92. The van der Waals surface area contributed by atoms with Crippen LogP contribution in [-0.4, -0.2) is 37.3 Å². The molecule has 0 aromatic heterocycles. The molecule has 1 atom stereocenters. The molecular formula is C15H24N2O2. The number of hydrogen-bond acceptors (Lipinski definition) is 3. The lowest BCUT2D eigenvalue weighted by Crippen LogP contribution is -2.24. The summed E-state index contributed by atoms with van der Waals surface area (Å²) >= 11 is 0.